The molecule has 22 heavy (non-hydrogen) atoms. The van der Waals surface area contributed by atoms with E-state index >= 15 is 0 Å². The summed E-state index contributed by atoms with van der Waals surface area (Å²) in [5.41, 5.74) is 4.79. The summed E-state index contributed by atoms with van der Waals surface area (Å²) >= 11 is 0. The van der Waals surface area contributed by atoms with E-state index in [1.54, 1.807) is 6.92 Å². The van der Waals surface area contributed by atoms with Gasteiger partial charge in [0.1, 0.15) is 11.6 Å². The van der Waals surface area contributed by atoms with Crippen LogP contribution in [0.25, 0.3) is 0 Å². The predicted molar refractivity (Wildman–Crippen MR) is 86.2 cm³/mol. The summed E-state index contributed by atoms with van der Waals surface area (Å²) in [6.45, 7) is 4.05. The van der Waals surface area contributed by atoms with E-state index in [9.17, 15) is 9.59 Å². The lowest BCUT2D eigenvalue weighted by molar-refractivity contribution is -0.145. The molecule has 0 saturated carbocycles. The number of unbranched alkanes of at least 4 members (excludes halogenated alkanes) is 3. The summed E-state index contributed by atoms with van der Waals surface area (Å²) in [4.78, 5) is 24.1. The average Bonchev–Trinajstić information content (AvgIpc) is 2.46. The maximum atomic E-state index is 12.1. The van der Waals surface area contributed by atoms with Gasteiger partial charge < -0.3 is 16.3 Å². The molecule has 0 radical (unpaired) electrons. The molecule has 4 N–H and O–H groups in total. The van der Waals surface area contributed by atoms with Gasteiger partial charge >= 0.3 is 5.97 Å². The Morgan fingerprint density at radius 3 is 2.55 bits per heavy atom. The first-order valence-electron chi connectivity index (χ1n) is 7.19. The number of aromatic nitrogens is 3. The highest BCUT2D eigenvalue weighted by Crippen LogP contribution is 2.20. The molecule has 0 aliphatic heterocycles. The van der Waals surface area contributed by atoms with Crippen molar-refractivity contribution >= 4 is 24.3 Å². The Hall–Kier alpha value is -1.83. The van der Waals surface area contributed by atoms with Gasteiger partial charge in [-0.3, -0.25) is 9.59 Å². The fourth-order valence-corrected chi connectivity index (χ4v) is 2.03. The lowest BCUT2D eigenvalue weighted by Gasteiger charge is -2.14. The predicted octanol–water partition coefficient (Wildman–Crippen LogP) is 0.973. The normalized spacial score (nSPS) is 11.5. The van der Waals surface area contributed by atoms with Crippen molar-refractivity contribution in [1.29, 1.82) is 0 Å². The third kappa shape index (κ3) is 5.18. The first-order valence-corrected chi connectivity index (χ1v) is 7.19. The second-order valence-corrected chi connectivity index (χ2v) is 4.77. The SMILES string of the molecule is CCCCCCC(C(=O)OCC)c1nnc(N)n(N)c1=O.Cl. The molecule has 1 unspecified atom stereocenters. The standard InChI is InChI=1S/C13H23N5O3.ClH/c1-3-5-6-7-8-9(12(20)21-4-2)10-11(19)18(15)13(14)17-16-10;/h9H,3-8,15H2,1-2H3,(H2,14,17);1H. The molecule has 0 saturated heterocycles. The van der Waals surface area contributed by atoms with Gasteiger partial charge in [-0.15, -0.1) is 22.6 Å². The van der Waals surface area contributed by atoms with Crippen LogP contribution in [0.1, 0.15) is 57.6 Å². The Balaban J connectivity index is 0.00000441. The summed E-state index contributed by atoms with van der Waals surface area (Å²) < 4.78 is 5.71. The molecule has 0 aromatic carbocycles. The summed E-state index contributed by atoms with van der Waals surface area (Å²) in [6.07, 6.45) is 4.41. The van der Waals surface area contributed by atoms with Gasteiger partial charge in [-0.2, -0.15) is 4.68 Å². The van der Waals surface area contributed by atoms with Crippen LogP contribution in [0.3, 0.4) is 0 Å². The van der Waals surface area contributed by atoms with Gasteiger partial charge in [0.05, 0.1) is 6.61 Å². The van der Waals surface area contributed by atoms with E-state index in [0.29, 0.717) is 11.1 Å². The molecule has 0 spiro atoms. The minimum Gasteiger partial charge on any atom is -0.465 e. The van der Waals surface area contributed by atoms with Gasteiger partial charge in [0.15, 0.2) is 0 Å². The maximum absolute atomic E-state index is 12.1. The van der Waals surface area contributed by atoms with Crippen LogP contribution in [0.15, 0.2) is 4.79 Å². The van der Waals surface area contributed by atoms with Gasteiger partial charge in [-0.05, 0) is 13.3 Å². The number of carbonyl (C=O) groups excluding carboxylic acids is 1. The van der Waals surface area contributed by atoms with Crippen molar-refractivity contribution in [3.63, 3.8) is 0 Å². The smallest absolute Gasteiger partial charge is 0.315 e. The molecule has 0 bridgehead atoms. The summed E-state index contributed by atoms with van der Waals surface area (Å²) in [6, 6.07) is 0. The van der Waals surface area contributed by atoms with Crippen LogP contribution in [0.5, 0.6) is 0 Å². The van der Waals surface area contributed by atoms with E-state index < -0.39 is 17.4 Å². The third-order valence-electron chi connectivity index (χ3n) is 3.19. The fourth-order valence-electron chi connectivity index (χ4n) is 2.03. The Morgan fingerprint density at radius 1 is 1.27 bits per heavy atom. The first-order chi connectivity index (χ1) is 10.0. The highest BCUT2D eigenvalue weighted by Gasteiger charge is 2.27. The zero-order chi connectivity index (χ0) is 15.8. The molecule has 9 heteroatoms. The van der Waals surface area contributed by atoms with Crippen molar-refractivity contribution in [2.75, 3.05) is 18.2 Å². The van der Waals surface area contributed by atoms with Gasteiger partial charge in [0.2, 0.25) is 5.95 Å². The molecular weight excluding hydrogens is 310 g/mol. The van der Waals surface area contributed by atoms with E-state index in [4.69, 9.17) is 16.3 Å². The fraction of sp³-hybridized carbons (Fsp3) is 0.692. The van der Waals surface area contributed by atoms with Crippen molar-refractivity contribution in [3.8, 4) is 0 Å². The Kier molecular flexibility index (Phi) is 9.16. The van der Waals surface area contributed by atoms with E-state index in [1.807, 2.05) is 0 Å². The van der Waals surface area contributed by atoms with E-state index in [0.717, 1.165) is 25.7 Å². The highest BCUT2D eigenvalue weighted by molar-refractivity contribution is 5.85. The molecule has 0 aliphatic carbocycles. The molecule has 8 nitrogen and oxygen atoms in total. The van der Waals surface area contributed by atoms with Crippen LogP contribution in [0, 0.1) is 0 Å². The minimum absolute atomic E-state index is 0. The van der Waals surface area contributed by atoms with Crippen LogP contribution in [-0.2, 0) is 9.53 Å². The number of anilines is 1. The number of nitrogens with zero attached hydrogens (tertiary/aromatic N) is 3. The molecule has 1 rings (SSSR count). The number of rotatable bonds is 8. The zero-order valence-corrected chi connectivity index (χ0v) is 13.8. The van der Waals surface area contributed by atoms with E-state index in [1.165, 1.54) is 0 Å². The molecule has 1 heterocycles. The largest absolute Gasteiger partial charge is 0.465 e. The van der Waals surface area contributed by atoms with Gasteiger partial charge in [0.25, 0.3) is 5.56 Å². The van der Waals surface area contributed by atoms with Gasteiger partial charge in [0, 0.05) is 0 Å². The van der Waals surface area contributed by atoms with Crippen LogP contribution < -0.4 is 17.1 Å². The molecule has 126 valence electrons. The number of hydrogen-bond acceptors (Lipinski definition) is 7. The van der Waals surface area contributed by atoms with Crippen molar-refractivity contribution in [1.82, 2.24) is 14.9 Å². The van der Waals surface area contributed by atoms with Crippen LogP contribution in [-0.4, -0.2) is 27.4 Å². The molecule has 0 aliphatic rings. The van der Waals surface area contributed by atoms with Crippen LogP contribution in [0.4, 0.5) is 5.95 Å². The quantitative estimate of drug-likeness (QED) is 0.412. The van der Waals surface area contributed by atoms with Crippen molar-refractivity contribution in [2.45, 2.75) is 51.9 Å². The van der Waals surface area contributed by atoms with Crippen LogP contribution in [0.2, 0.25) is 0 Å². The van der Waals surface area contributed by atoms with Gasteiger partial charge in [-0.1, -0.05) is 32.6 Å². The maximum Gasteiger partial charge on any atom is 0.315 e. The third-order valence-corrected chi connectivity index (χ3v) is 3.19. The van der Waals surface area contributed by atoms with E-state index in [-0.39, 0.29) is 30.7 Å². The second kappa shape index (κ2) is 9.99. The van der Waals surface area contributed by atoms with E-state index in [2.05, 4.69) is 17.1 Å². The lowest BCUT2D eigenvalue weighted by Crippen LogP contribution is -2.37. The van der Waals surface area contributed by atoms with Gasteiger partial charge in [-0.25, -0.2) is 0 Å². The number of halogens is 1. The molecule has 1 aromatic rings. The number of nitrogen functional groups attached to an aromatic ring is 2. The Morgan fingerprint density at radius 2 is 1.95 bits per heavy atom. The highest BCUT2D eigenvalue weighted by atomic mass is 35.5. The minimum atomic E-state index is -0.753. The number of hydrogen-bond donors (Lipinski definition) is 2. The Labute approximate surface area is 135 Å². The van der Waals surface area contributed by atoms with Crippen molar-refractivity contribution < 1.29 is 9.53 Å². The van der Waals surface area contributed by atoms with Crippen LogP contribution >= 0.6 is 12.4 Å². The topological polar surface area (TPSA) is 126 Å². The average molecular weight is 334 g/mol. The van der Waals surface area contributed by atoms with Crippen molar-refractivity contribution in [3.05, 3.63) is 16.0 Å². The first kappa shape index (κ1) is 20.2. The number of ether oxygens (including phenoxy) is 1. The number of esters is 1. The number of nitrogens with two attached hydrogens (primary N) is 2. The molecule has 1 aromatic heterocycles. The molecule has 1 atom stereocenters. The van der Waals surface area contributed by atoms with Crippen molar-refractivity contribution in [2.24, 2.45) is 0 Å². The second-order valence-electron chi connectivity index (χ2n) is 4.77. The molecular formula is C13H24ClN5O3. The zero-order valence-electron chi connectivity index (χ0n) is 12.9. The molecule has 0 amide bonds. The Bertz CT molecular complexity index is 535. The summed E-state index contributed by atoms with van der Waals surface area (Å²) in [5, 5.41) is 7.36. The monoisotopic (exact) mass is 333 g/mol. The lowest BCUT2D eigenvalue weighted by atomic mass is 9.97. The molecule has 0 fully saturated rings. The summed E-state index contributed by atoms with van der Waals surface area (Å²) in [5.74, 6) is 4.06. The summed E-state index contributed by atoms with van der Waals surface area (Å²) in [7, 11) is 0. The number of carbonyl (C=O) groups is 1.